The van der Waals surface area contributed by atoms with Gasteiger partial charge < -0.3 is 39.5 Å². The van der Waals surface area contributed by atoms with E-state index in [0.717, 1.165) is 0 Å². The molecule has 17 heteroatoms. The van der Waals surface area contributed by atoms with Crippen LogP contribution in [0, 0.1) is 11.6 Å². The van der Waals surface area contributed by atoms with Crippen molar-refractivity contribution in [2.24, 2.45) is 0 Å². The van der Waals surface area contributed by atoms with E-state index >= 15 is 8.78 Å². The monoisotopic (exact) mass is 841 g/mol. The topological polar surface area (TPSA) is 151 Å². The van der Waals surface area contributed by atoms with E-state index in [1.54, 1.807) is 66.0 Å². The lowest BCUT2D eigenvalue weighted by atomic mass is 9.99. The Morgan fingerprint density at radius 1 is 0.800 bits per heavy atom. The SMILES string of the molecule is CC[C@H](NC(=O)OC(C)(C)C)C(=O)N1C[C@@H](F)C[C@H]1Cc1c(-c2nc3cc(F)ccc3n2C[C@@H]2C[C@H](F)CN2C(=O)[C@H](CC)NC(=O)OC(C)(C)C)[nH]c2cc(F)ccc12. The van der Waals surface area contributed by atoms with Crippen LogP contribution in [-0.4, -0.2) is 109 Å². The Balaban J connectivity index is 1.38. The number of halogens is 4. The molecule has 60 heavy (non-hydrogen) atoms. The molecule has 6 rings (SSSR count). The molecule has 2 aromatic heterocycles. The first-order chi connectivity index (χ1) is 28.1. The number of nitrogens with one attached hydrogen (secondary N) is 3. The minimum atomic E-state index is -1.38. The zero-order chi connectivity index (χ0) is 43.8. The van der Waals surface area contributed by atoms with Crippen LogP contribution < -0.4 is 10.6 Å². The van der Waals surface area contributed by atoms with Crippen LogP contribution in [0.15, 0.2) is 36.4 Å². The number of fused-ring (bicyclic) bond motifs is 2. The Labute approximate surface area is 346 Å². The predicted molar refractivity (Wildman–Crippen MR) is 218 cm³/mol. The molecule has 3 N–H and O–H groups in total. The van der Waals surface area contributed by atoms with Crippen LogP contribution in [0.25, 0.3) is 33.5 Å². The highest BCUT2D eigenvalue weighted by Gasteiger charge is 2.41. The number of rotatable bonds is 11. The average molecular weight is 842 g/mol. The van der Waals surface area contributed by atoms with Gasteiger partial charge in [-0.15, -0.1) is 0 Å². The third-order valence-electron chi connectivity index (χ3n) is 10.7. The largest absolute Gasteiger partial charge is 0.444 e. The molecule has 4 amide bonds. The lowest BCUT2D eigenvalue weighted by Gasteiger charge is -2.30. The van der Waals surface area contributed by atoms with Crippen molar-refractivity contribution in [1.29, 1.82) is 0 Å². The van der Waals surface area contributed by atoms with E-state index < -0.39 is 83.3 Å². The van der Waals surface area contributed by atoms with Crippen molar-refractivity contribution >= 4 is 45.9 Å². The molecule has 0 bridgehead atoms. The van der Waals surface area contributed by atoms with E-state index in [0.29, 0.717) is 27.7 Å². The van der Waals surface area contributed by atoms with Gasteiger partial charge in [0.15, 0.2) is 5.82 Å². The molecule has 0 unspecified atom stereocenters. The summed E-state index contributed by atoms with van der Waals surface area (Å²) in [5.74, 6) is -1.80. The van der Waals surface area contributed by atoms with E-state index in [2.05, 4.69) is 15.6 Å². The number of hydrogen-bond acceptors (Lipinski definition) is 7. The fourth-order valence-electron chi connectivity index (χ4n) is 8.16. The van der Waals surface area contributed by atoms with Gasteiger partial charge in [0.1, 0.15) is 47.3 Å². The number of H-pyrrole nitrogens is 1. The summed E-state index contributed by atoms with van der Waals surface area (Å²) in [6, 6.07) is 4.79. The number of alkyl halides is 2. The Bertz CT molecular complexity index is 2090. The summed E-state index contributed by atoms with van der Waals surface area (Å²) in [6.45, 7) is 13.2. The average Bonchev–Trinajstić information content (AvgIpc) is 3.90. The second kappa shape index (κ2) is 17.3. The molecule has 0 saturated carbocycles. The van der Waals surface area contributed by atoms with Crippen molar-refractivity contribution in [2.45, 2.75) is 142 Å². The van der Waals surface area contributed by atoms with E-state index in [-0.39, 0.29) is 63.1 Å². The second-order valence-corrected chi connectivity index (χ2v) is 17.7. The number of nitrogens with zero attached hydrogens (tertiary/aromatic N) is 4. The van der Waals surface area contributed by atoms with Crippen molar-refractivity contribution in [1.82, 2.24) is 35.0 Å². The molecule has 4 aromatic rings. The van der Waals surface area contributed by atoms with Crippen molar-refractivity contribution in [3.63, 3.8) is 0 Å². The van der Waals surface area contributed by atoms with Gasteiger partial charge in [-0.25, -0.2) is 32.1 Å². The van der Waals surface area contributed by atoms with Gasteiger partial charge in [0.05, 0.1) is 35.9 Å². The van der Waals surface area contributed by atoms with Crippen molar-refractivity contribution in [3.8, 4) is 11.5 Å². The summed E-state index contributed by atoms with van der Waals surface area (Å²) in [5, 5.41) is 5.82. The molecule has 2 aromatic carbocycles. The van der Waals surface area contributed by atoms with Gasteiger partial charge in [-0.1, -0.05) is 13.8 Å². The highest BCUT2D eigenvalue weighted by molar-refractivity contribution is 5.92. The lowest BCUT2D eigenvalue weighted by Crippen LogP contribution is -2.51. The number of carbonyl (C=O) groups excluding carboxylic acids is 4. The van der Waals surface area contributed by atoms with Gasteiger partial charge in [0.25, 0.3) is 0 Å². The van der Waals surface area contributed by atoms with E-state index in [4.69, 9.17) is 14.5 Å². The van der Waals surface area contributed by atoms with Gasteiger partial charge in [-0.05, 0) is 96.7 Å². The Morgan fingerprint density at radius 2 is 1.32 bits per heavy atom. The number of imidazole rings is 1. The number of hydrogen-bond donors (Lipinski definition) is 3. The Morgan fingerprint density at radius 3 is 1.87 bits per heavy atom. The standard InChI is InChI=1S/C43H55F4N7O6/c1-9-31(50-40(57)59-42(3,4)5)38(55)52-20-25(46)15-27(52)19-30-29-13-11-23(44)17-33(29)48-36(30)37-49-34-18-24(45)12-14-35(34)54(37)22-28-16-26(47)21-53(28)39(56)32(10-2)51-41(58)60-43(6,7)8/h11-14,17-18,25-28,31-32,48H,9-10,15-16,19-22H2,1-8H3,(H,50,57)(H,51,58)/t25-,26-,27-,28-,31-,32-/m0/s1. The van der Waals surface area contributed by atoms with Crippen LogP contribution in [0.5, 0.6) is 0 Å². The molecule has 2 fully saturated rings. The summed E-state index contributed by atoms with van der Waals surface area (Å²) >= 11 is 0. The number of aromatic amines is 1. The quantitative estimate of drug-likeness (QED) is 0.133. The number of likely N-dealkylation sites (tertiary alicyclic amines) is 2. The Kier molecular flexibility index (Phi) is 12.8. The maximum absolute atomic E-state index is 15.4. The fourth-order valence-corrected chi connectivity index (χ4v) is 8.16. The second-order valence-electron chi connectivity index (χ2n) is 17.7. The summed E-state index contributed by atoms with van der Waals surface area (Å²) in [4.78, 5) is 64.3. The molecule has 2 saturated heterocycles. The summed E-state index contributed by atoms with van der Waals surface area (Å²) in [6.07, 6.45) is -3.85. The normalized spacial score (nSPS) is 20.7. The van der Waals surface area contributed by atoms with Gasteiger partial charge in [-0.2, -0.15) is 0 Å². The number of alkyl carbamates (subject to hydrolysis) is 2. The van der Waals surface area contributed by atoms with E-state index in [1.165, 1.54) is 40.1 Å². The van der Waals surface area contributed by atoms with Crippen LogP contribution in [0.1, 0.15) is 86.6 Å². The van der Waals surface area contributed by atoms with Gasteiger partial charge in [0, 0.05) is 42.4 Å². The minimum Gasteiger partial charge on any atom is -0.444 e. The minimum absolute atomic E-state index is 0.00473. The lowest BCUT2D eigenvalue weighted by molar-refractivity contribution is -0.135. The molecule has 2 aliphatic heterocycles. The van der Waals surface area contributed by atoms with Gasteiger partial charge >= 0.3 is 12.2 Å². The Hall–Kier alpha value is -5.35. The molecule has 0 radical (unpaired) electrons. The molecular weight excluding hydrogens is 787 g/mol. The van der Waals surface area contributed by atoms with Crippen molar-refractivity contribution < 1.29 is 46.2 Å². The first-order valence-electron chi connectivity index (χ1n) is 20.5. The van der Waals surface area contributed by atoms with Gasteiger partial charge in [-0.3, -0.25) is 9.59 Å². The molecule has 4 heterocycles. The van der Waals surface area contributed by atoms with Gasteiger partial charge in [0.2, 0.25) is 11.8 Å². The molecule has 0 spiro atoms. The maximum Gasteiger partial charge on any atom is 0.408 e. The molecule has 6 atom stereocenters. The zero-order valence-corrected chi connectivity index (χ0v) is 35.3. The van der Waals surface area contributed by atoms with Crippen LogP contribution in [0.3, 0.4) is 0 Å². The first kappa shape index (κ1) is 44.2. The number of carbonyl (C=O) groups is 4. The number of aromatic nitrogens is 3. The van der Waals surface area contributed by atoms with Crippen molar-refractivity contribution in [2.75, 3.05) is 13.1 Å². The highest BCUT2D eigenvalue weighted by atomic mass is 19.1. The summed E-state index contributed by atoms with van der Waals surface area (Å²) < 4.78 is 72.8. The van der Waals surface area contributed by atoms with E-state index in [9.17, 15) is 28.0 Å². The third kappa shape index (κ3) is 9.98. The maximum atomic E-state index is 15.4. The van der Waals surface area contributed by atoms with Crippen LogP contribution in [0.4, 0.5) is 27.2 Å². The molecule has 326 valence electrons. The molecule has 13 nitrogen and oxygen atoms in total. The highest BCUT2D eigenvalue weighted by Crippen LogP contribution is 2.37. The zero-order valence-electron chi connectivity index (χ0n) is 35.3. The molecule has 0 aliphatic carbocycles. The summed E-state index contributed by atoms with van der Waals surface area (Å²) in [7, 11) is 0. The number of ether oxygens (including phenoxy) is 2. The molecular formula is C43H55F4N7O6. The first-order valence-corrected chi connectivity index (χ1v) is 20.5. The fraction of sp³-hybridized carbons (Fsp3) is 0.558. The van der Waals surface area contributed by atoms with Crippen molar-refractivity contribution in [3.05, 3.63) is 53.6 Å². The van der Waals surface area contributed by atoms with Crippen LogP contribution in [0.2, 0.25) is 0 Å². The summed E-state index contributed by atoms with van der Waals surface area (Å²) in [5.41, 5.74) is 0.441. The third-order valence-corrected chi connectivity index (χ3v) is 10.7. The number of amides is 4. The predicted octanol–water partition coefficient (Wildman–Crippen LogP) is 7.49. The van der Waals surface area contributed by atoms with Crippen LogP contribution >= 0.6 is 0 Å². The number of benzene rings is 2. The van der Waals surface area contributed by atoms with Crippen LogP contribution in [-0.2, 0) is 32.0 Å². The van der Waals surface area contributed by atoms with E-state index in [1.807, 2.05) is 0 Å². The smallest absolute Gasteiger partial charge is 0.408 e. The molecule has 2 aliphatic rings.